The first kappa shape index (κ1) is 25.6. The maximum Gasteiger partial charge on any atom is 0.407 e. The molecule has 0 bridgehead atoms. The fraction of sp³-hybridized carbons (Fsp3) is 0.400. The van der Waals surface area contributed by atoms with Crippen molar-refractivity contribution in [3.63, 3.8) is 0 Å². The van der Waals surface area contributed by atoms with Crippen LogP contribution in [0.3, 0.4) is 0 Å². The molecule has 8 nitrogen and oxygen atoms in total. The molecule has 182 valence electrons. The van der Waals surface area contributed by atoms with Crippen LogP contribution in [0, 0.1) is 0 Å². The van der Waals surface area contributed by atoms with Gasteiger partial charge in [0.25, 0.3) is 0 Å². The minimum absolute atomic E-state index is 0.00697. The summed E-state index contributed by atoms with van der Waals surface area (Å²) >= 11 is 1.35. The van der Waals surface area contributed by atoms with Gasteiger partial charge in [-0.1, -0.05) is 48.5 Å². The number of rotatable bonds is 12. The van der Waals surface area contributed by atoms with Crippen LogP contribution in [-0.2, 0) is 14.3 Å². The number of ether oxygens (including phenoxy) is 1. The van der Waals surface area contributed by atoms with Crippen molar-refractivity contribution in [1.29, 1.82) is 0 Å². The Labute approximate surface area is 204 Å². The third-order valence-corrected chi connectivity index (χ3v) is 6.52. The lowest BCUT2D eigenvalue weighted by molar-refractivity contribution is -0.143. The number of nitrogens with zero attached hydrogens (tertiary/aromatic N) is 2. The van der Waals surface area contributed by atoms with E-state index in [9.17, 15) is 14.4 Å². The van der Waals surface area contributed by atoms with Crippen LogP contribution in [0.15, 0.2) is 48.5 Å². The standard InChI is InChI=1S/C25H31N3O5S/c1-27(2)12-13-28(15-24(30)31)23(29)17-34-14-11-26-25(32)33-16-22-20-9-5-3-7-18(20)19-8-4-6-10-21(19)22/h3-10,22H,11-17H2,1-2H3,(H,26,32)(H,30,31). The number of hydrogen-bond donors (Lipinski definition) is 2. The second-order valence-electron chi connectivity index (χ2n) is 8.32. The van der Waals surface area contributed by atoms with Gasteiger partial charge in [-0.2, -0.15) is 11.8 Å². The van der Waals surface area contributed by atoms with Crippen molar-refractivity contribution in [3.05, 3.63) is 59.7 Å². The third-order valence-electron chi connectivity index (χ3n) is 5.58. The SMILES string of the molecule is CN(C)CCN(CC(=O)O)C(=O)CSCCNC(=O)OCC1c2ccccc2-c2ccccc21. The van der Waals surface area contributed by atoms with Crippen molar-refractivity contribution in [1.82, 2.24) is 15.1 Å². The number of nitrogens with one attached hydrogen (secondary N) is 1. The fourth-order valence-electron chi connectivity index (χ4n) is 3.90. The molecule has 1 aliphatic carbocycles. The van der Waals surface area contributed by atoms with Crippen LogP contribution in [0.4, 0.5) is 4.79 Å². The monoisotopic (exact) mass is 485 g/mol. The van der Waals surface area contributed by atoms with Crippen LogP contribution in [0.25, 0.3) is 11.1 Å². The number of alkyl carbamates (subject to hydrolysis) is 1. The summed E-state index contributed by atoms with van der Waals surface area (Å²) in [6, 6.07) is 16.3. The average molecular weight is 486 g/mol. The Hall–Kier alpha value is -3.04. The molecule has 34 heavy (non-hydrogen) atoms. The summed E-state index contributed by atoms with van der Waals surface area (Å²) in [5.41, 5.74) is 4.67. The number of amides is 2. The highest BCUT2D eigenvalue weighted by atomic mass is 32.2. The normalized spacial score (nSPS) is 12.2. The highest BCUT2D eigenvalue weighted by Crippen LogP contribution is 2.44. The summed E-state index contributed by atoms with van der Waals surface area (Å²) in [7, 11) is 3.74. The van der Waals surface area contributed by atoms with E-state index in [1.165, 1.54) is 27.8 Å². The molecule has 9 heteroatoms. The number of carbonyl (C=O) groups is 3. The number of fused-ring (bicyclic) bond motifs is 3. The Balaban J connectivity index is 1.39. The van der Waals surface area contributed by atoms with E-state index in [0.717, 1.165) is 11.1 Å². The molecule has 0 radical (unpaired) electrons. The minimum Gasteiger partial charge on any atom is -0.480 e. The molecule has 0 spiro atoms. The first-order valence-electron chi connectivity index (χ1n) is 11.2. The molecular formula is C25H31N3O5S. The van der Waals surface area contributed by atoms with Crippen molar-refractivity contribution in [2.24, 2.45) is 0 Å². The van der Waals surface area contributed by atoms with Gasteiger partial charge in [-0.25, -0.2) is 4.79 Å². The number of aliphatic carboxylic acids is 1. The Morgan fingerprint density at radius 1 is 1.00 bits per heavy atom. The number of thioether (sulfide) groups is 1. The number of likely N-dealkylation sites (N-methyl/N-ethyl adjacent to an activating group) is 1. The third kappa shape index (κ3) is 6.98. The molecule has 0 fully saturated rings. The predicted molar refractivity (Wildman–Crippen MR) is 133 cm³/mol. The maximum atomic E-state index is 12.4. The van der Waals surface area contributed by atoms with Gasteiger partial charge in [0.05, 0.1) is 5.75 Å². The Morgan fingerprint density at radius 3 is 2.21 bits per heavy atom. The zero-order valence-corrected chi connectivity index (χ0v) is 20.3. The van der Waals surface area contributed by atoms with Crippen molar-refractivity contribution in [2.75, 3.05) is 58.4 Å². The van der Waals surface area contributed by atoms with Crippen LogP contribution in [-0.4, -0.2) is 91.3 Å². The number of hydrogen-bond acceptors (Lipinski definition) is 6. The summed E-state index contributed by atoms with van der Waals surface area (Å²) in [4.78, 5) is 38.8. The van der Waals surface area contributed by atoms with E-state index in [1.54, 1.807) is 0 Å². The van der Waals surface area contributed by atoms with Crippen LogP contribution >= 0.6 is 11.8 Å². The molecule has 2 amide bonds. The number of carbonyl (C=O) groups excluding carboxylic acids is 2. The van der Waals surface area contributed by atoms with Crippen molar-refractivity contribution in [2.45, 2.75) is 5.92 Å². The number of benzene rings is 2. The van der Waals surface area contributed by atoms with Gasteiger partial charge in [-0.15, -0.1) is 0 Å². The molecule has 0 aliphatic heterocycles. The van der Waals surface area contributed by atoms with Gasteiger partial charge in [-0.3, -0.25) is 9.59 Å². The number of carboxylic acids is 1. The van der Waals surface area contributed by atoms with Crippen molar-refractivity contribution >= 4 is 29.7 Å². The van der Waals surface area contributed by atoms with Crippen molar-refractivity contribution in [3.8, 4) is 11.1 Å². The lowest BCUT2D eigenvalue weighted by Gasteiger charge is -2.22. The van der Waals surface area contributed by atoms with Gasteiger partial charge in [0.2, 0.25) is 5.91 Å². The van der Waals surface area contributed by atoms with Gasteiger partial charge in [0.1, 0.15) is 13.2 Å². The van der Waals surface area contributed by atoms with Gasteiger partial charge < -0.3 is 25.0 Å². The Morgan fingerprint density at radius 2 is 1.62 bits per heavy atom. The molecule has 0 unspecified atom stereocenters. The van der Waals surface area contributed by atoms with Crippen LogP contribution in [0.1, 0.15) is 17.0 Å². The molecule has 0 saturated carbocycles. The second-order valence-corrected chi connectivity index (χ2v) is 9.42. The predicted octanol–water partition coefficient (Wildman–Crippen LogP) is 2.73. The quantitative estimate of drug-likeness (QED) is 0.446. The topological polar surface area (TPSA) is 99.2 Å². The molecule has 0 saturated heterocycles. The van der Waals surface area contributed by atoms with Gasteiger partial charge in [0, 0.05) is 31.3 Å². The molecule has 0 atom stereocenters. The summed E-state index contributed by atoms with van der Waals surface area (Å²) in [5, 5.41) is 11.8. The van der Waals surface area contributed by atoms with Gasteiger partial charge >= 0.3 is 12.1 Å². The zero-order valence-electron chi connectivity index (χ0n) is 19.5. The molecule has 3 rings (SSSR count). The van der Waals surface area contributed by atoms with Gasteiger partial charge in [0.15, 0.2) is 0 Å². The van der Waals surface area contributed by atoms with E-state index in [2.05, 4.69) is 29.6 Å². The van der Waals surface area contributed by atoms with Crippen LogP contribution < -0.4 is 5.32 Å². The molecule has 2 aromatic carbocycles. The van der Waals surface area contributed by atoms with E-state index >= 15 is 0 Å². The lowest BCUT2D eigenvalue weighted by atomic mass is 9.98. The molecular weight excluding hydrogens is 454 g/mol. The fourth-order valence-corrected chi connectivity index (χ4v) is 4.65. The minimum atomic E-state index is -1.03. The lowest BCUT2D eigenvalue weighted by Crippen LogP contribution is -2.41. The Bertz CT molecular complexity index is 968. The average Bonchev–Trinajstić information content (AvgIpc) is 3.13. The molecule has 1 aliphatic rings. The first-order chi connectivity index (χ1) is 16.4. The Kier molecular flexibility index (Phi) is 9.35. The second kappa shape index (κ2) is 12.4. The first-order valence-corrected chi connectivity index (χ1v) is 12.3. The highest BCUT2D eigenvalue weighted by molar-refractivity contribution is 7.99. The largest absolute Gasteiger partial charge is 0.480 e. The van der Waals surface area contributed by atoms with E-state index < -0.39 is 12.1 Å². The van der Waals surface area contributed by atoms with E-state index in [4.69, 9.17) is 9.84 Å². The highest BCUT2D eigenvalue weighted by Gasteiger charge is 2.29. The van der Waals surface area contributed by atoms with E-state index in [-0.39, 0.29) is 30.7 Å². The number of carboxylic acid groups (broad SMARTS) is 1. The summed E-state index contributed by atoms with van der Waals surface area (Å²) in [6.07, 6.45) is -0.493. The molecule has 0 heterocycles. The van der Waals surface area contributed by atoms with Gasteiger partial charge in [-0.05, 0) is 36.3 Å². The summed E-state index contributed by atoms with van der Waals surface area (Å²) in [6.45, 7) is 1.24. The molecule has 0 aromatic heterocycles. The zero-order chi connectivity index (χ0) is 24.5. The molecule has 2 N–H and O–H groups in total. The van der Waals surface area contributed by atoms with E-state index in [0.29, 0.717) is 25.4 Å². The van der Waals surface area contributed by atoms with E-state index in [1.807, 2.05) is 43.3 Å². The van der Waals surface area contributed by atoms with Crippen molar-refractivity contribution < 1.29 is 24.2 Å². The smallest absolute Gasteiger partial charge is 0.407 e. The van der Waals surface area contributed by atoms with Crippen LogP contribution in [0.2, 0.25) is 0 Å². The van der Waals surface area contributed by atoms with Crippen LogP contribution in [0.5, 0.6) is 0 Å². The summed E-state index contributed by atoms with van der Waals surface area (Å²) in [5.74, 6) is -0.575. The summed E-state index contributed by atoms with van der Waals surface area (Å²) < 4.78 is 5.50. The molecule has 2 aromatic rings. The maximum absolute atomic E-state index is 12.4.